The molecule has 0 aliphatic rings. The van der Waals surface area contributed by atoms with Crippen LogP contribution in [0.4, 0.5) is 21.5 Å². The summed E-state index contributed by atoms with van der Waals surface area (Å²) in [6.45, 7) is 2.18. The van der Waals surface area contributed by atoms with Crippen molar-refractivity contribution in [1.29, 1.82) is 0 Å². The lowest BCUT2D eigenvalue weighted by molar-refractivity contribution is 0.653. The van der Waals surface area contributed by atoms with E-state index in [1.807, 2.05) is 18.2 Å². The first kappa shape index (κ1) is 29.9. The van der Waals surface area contributed by atoms with Gasteiger partial charge >= 0.3 is 0 Å². The zero-order chi connectivity index (χ0) is 35.2. The van der Waals surface area contributed by atoms with E-state index in [1.165, 1.54) is 21.5 Å². The SMILES string of the molecule is Cc1c2c3ccccc3c3ccccc3c2c(F)c2c3ccccc3c3cc(N(c4ccc5ccccc5c4)c4ccc5ccccc5c4)ccc3c12. The van der Waals surface area contributed by atoms with Crippen LogP contribution in [0, 0.1) is 12.7 Å². The second kappa shape index (κ2) is 11.4. The molecule has 0 atom stereocenters. The monoisotopic (exact) mass is 677 g/mol. The van der Waals surface area contributed by atoms with E-state index in [0.29, 0.717) is 10.8 Å². The second-order valence-corrected chi connectivity index (χ2v) is 14.2. The predicted octanol–water partition coefficient (Wildman–Crippen LogP) is 14.8. The molecular formula is C51H32FN. The highest BCUT2D eigenvalue weighted by atomic mass is 19.1. The standard InChI is InChI=1S/C51H32FN/c1-31-47-42-19-9-6-16-39(42)40-17-7-10-20-43(40)49(47)51(52)50-44-21-11-8-18-41(44)46-30-38(26-27-45(46)48(31)50)53(36-24-22-32-12-2-4-14-34(32)28-36)37-25-23-33-13-3-5-15-35(33)29-37/h2-30H,1H3. The van der Waals surface area contributed by atoms with E-state index >= 15 is 4.39 Å². The van der Waals surface area contributed by atoms with Crippen molar-refractivity contribution < 1.29 is 4.39 Å². The molecule has 0 amide bonds. The number of hydrogen-bond acceptors (Lipinski definition) is 1. The van der Waals surface area contributed by atoms with Gasteiger partial charge in [-0.05, 0) is 124 Å². The first-order valence-corrected chi connectivity index (χ1v) is 18.2. The highest BCUT2D eigenvalue weighted by Crippen LogP contribution is 2.47. The Kier molecular flexibility index (Phi) is 6.41. The van der Waals surface area contributed by atoms with Crippen LogP contribution < -0.4 is 4.90 Å². The van der Waals surface area contributed by atoms with Gasteiger partial charge in [0.25, 0.3) is 0 Å². The van der Waals surface area contributed by atoms with Crippen LogP contribution in [0.3, 0.4) is 0 Å². The van der Waals surface area contributed by atoms with Crippen molar-refractivity contribution in [3.8, 4) is 0 Å². The van der Waals surface area contributed by atoms with Gasteiger partial charge in [-0.1, -0.05) is 140 Å². The topological polar surface area (TPSA) is 3.24 Å². The van der Waals surface area contributed by atoms with Crippen LogP contribution >= 0.6 is 0 Å². The van der Waals surface area contributed by atoms with E-state index < -0.39 is 0 Å². The smallest absolute Gasteiger partial charge is 0.140 e. The predicted molar refractivity (Wildman–Crippen MR) is 226 cm³/mol. The molecule has 1 nitrogen and oxygen atoms in total. The maximum Gasteiger partial charge on any atom is 0.140 e. The highest BCUT2D eigenvalue weighted by molar-refractivity contribution is 6.34. The quantitative estimate of drug-likeness (QED) is 0.133. The second-order valence-electron chi connectivity index (χ2n) is 14.2. The van der Waals surface area contributed by atoms with Gasteiger partial charge in [0.1, 0.15) is 5.82 Å². The number of rotatable bonds is 3. The Morgan fingerprint density at radius 1 is 0.321 bits per heavy atom. The molecule has 0 aliphatic carbocycles. The average Bonchev–Trinajstić information content (AvgIpc) is 3.22. The van der Waals surface area contributed by atoms with Gasteiger partial charge in [0.15, 0.2) is 0 Å². The van der Waals surface area contributed by atoms with Gasteiger partial charge in [-0.15, -0.1) is 0 Å². The number of benzene rings is 11. The molecule has 0 unspecified atom stereocenters. The van der Waals surface area contributed by atoms with E-state index in [1.54, 1.807) is 0 Å². The lowest BCUT2D eigenvalue weighted by Crippen LogP contribution is -2.10. The fourth-order valence-corrected chi connectivity index (χ4v) is 9.02. The Hall–Kier alpha value is -6.77. The minimum atomic E-state index is -0.154. The first-order chi connectivity index (χ1) is 26.1. The minimum Gasteiger partial charge on any atom is -0.310 e. The maximum atomic E-state index is 17.7. The third-order valence-electron chi connectivity index (χ3n) is 11.4. The van der Waals surface area contributed by atoms with Crippen molar-refractivity contribution >= 4 is 103 Å². The van der Waals surface area contributed by atoms with Crippen molar-refractivity contribution in [3.05, 3.63) is 187 Å². The molecule has 11 rings (SSSR count). The van der Waals surface area contributed by atoms with E-state index in [9.17, 15) is 0 Å². The summed E-state index contributed by atoms with van der Waals surface area (Å²) in [7, 11) is 0. The largest absolute Gasteiger partial charge is 0.310 e. The lowest BCUT2D eigenvalue weighted by atomic mass is 9.85. The fourth-order valence-electron chi connectivity index (χ4n) is 9.02. The van der Waals surface area contributed by atoms with Gasteiger partial charge in [0.2, 0.25) is 0 Å². The maximum absolute atomic E-state index is 17.7. The molecule has 0 heterocycles. The molecule has 0 saturated heterocycles. The molecule has 0 saturated carbocycles. The minimum absolute atomic E-state index is 0.154. The van der Waals surface area contributed by atoms with Crippen LogP contribution in [0.25, 0.3) is 86.2 Å². The molecule has 0 bridgehead atoms. The van der Waals surface area contributed by atoms with Crippen molar-refractivity contribution in [3.63, 3.8) is 0 Å². The lowest BCUT2D eigenvalue weighted by Gasteiger charge is -2.27. The number of fused-ring (bicyclic) bond motifs is 14. The Balaban J connectivity index is 1.26. The molecule has 11 aromatic rings. The van der Waals surface area contributed by atoms with Crippen LogP contribution in [0.15, 0.2) is 176 Å². The normalized spacial score (nSPS) is 12.0. The van der Waals surface area contributed by atoms with Crippen LogP contribution in [-0.2, 0) is 0 Å². The Morgan fingerprint density at radius 2 is 0.679 bits per heavy atom. The summed E-state index contributed by atoms with van der Waals surface area (Å²) in [6.07, 6.45) is 0. The summed E-state index contributed by atoms with van der Waals surface area (Å²) in [5, 5.41) is 16.5. The molecule has 0 fully saturated rings. The molecule has 53 heavy (non-hydrogen) atoms. The molecule has 0 N–H and O–H groups in total. The summed E-state index contributed by atoms with van der Waals surface area (Å²) in [5.74, 6) is -0.154. The summed E-state index contributed by atoms with van der Waals surface area (Å²) in [6, 6.07) is 62.2. The van der Waals surface area contributed by atoms with Crippen LogP contribution in [0.1, 0.15) is 5.56 Å². The number of hydrogen-bond donors (Lipinski definition) is 0. The molecule has 11 aromatic carbocycles. The van der Waals surface area contributed by atoms with E-state index in [0.717, 1.165) is 76.5 Å². The Morgan fingerprint density at radius 3 is 1.19 bits per heavy atom. The molecule has 0 radical (unpaired) electrons. The number of nitrogens with zero attached hydrogens (tertiary/aromatic N) is 1. The molecular weight excluding hydrogens is 646 g/mol. The third kappa shape index (κ3) is 4.36. The first-order valence-electron chi connectivity index (χ1n) is 18.2. The van der Waals surface area contributed by atoms with Crippen LogP contribution in [-0.4, -0.2) is 0 Å². The van der Waals surface area contributed by atoms with Gasteiger partial charge in [0, 0.05) is 27.8 Å². The van der Waals surface area contributed by atoms with Gasteiger partial charge in [-0.2, -0.15) is 0 Å². The van der Waals surface area contributed by atoms with Crippen molar-refractivity contribution in [2.75, 3.05) is 4.90 Å². The van der Waals surface area contributed by atoms with E-state index in [4.69, 9.17) is 0 Å². The molecule has 248 valence electrons. The zero-order valence-corrected chi connectivity index (χ0v) is 29.1. The zero-order valence-electron chi connectivity index (χ0n) is 29.1. The van der Waals surface area contributed by atoms with Crippen LogP contribution in [0.2, 0.25) is 0 Å². The summed E-state index contributed by atoms with van der Waals surface area (Å²) in [4.78, 5) is 2.35. The third-order valence-corrected chi connectivity index (χ3v) is 11.4. The molecule has 0 spiro atoms. The van der Waals surface area contributed by atoms with Gasteiger partial charge in [0.05, 0.1) is 0 Å². The number of aryl methyl sites for hydroxylation is 1. The fraction of sp³-hybridized carbons (Fsp3) is 0.0196. The highest BCUT2D eigenvalue weighted by Gasteiger charge is 2.23. The van der Waals surface area contributed by atoms with Crippen molar-refractivity contribution in [2.24, 2.45) is 0 Å². The van der Waals surface area contributed by atoms with E-state index in [-0.39, 0.29) is 5.82 Å². The van der Waals surface area contributed by atoms with Gasteiger partial charge < -0.3 is 4.90 Å². The average molecular weight is 678 g/mol. The molecule has 0 aliphatic heterocycles. The van der Waals surface area contributed by atoms with Crippen molar-refractivity contribution in [2.45, 2.75) is 6.92 Å². The van der Waals surface area contributed by atoms with Crippen LogP contribution in [0.5, 0.6) is 0 Å². The van der Waals surface area contributed by atoms with Gasteiger partial charge in [-0.3, -0.25) is 0 Å². The number of anilines is 3. The Bertz CT molecular complexity index is 3240. The molecule has 2 heteroatoms. The number of halogens is 1. The Labute approximate surface area is 305 Å². The van der Waals surface area contributed by atoms with E-state index in [2.05, 4.69) is 170 Å². The van der Waals surface area contributed by atoms with Crippen molar-refractivity contribution in [1.82, 2.24) is 0 Å². The van der Waals surface area contributed by atoms with Gasteiger partial charge in [-0.25, -0.2) is 4.39 Å². The summed E-state index contributed by atoms with van der Waals surface area (Å²) in [5.41, 5.74) is 4.30. The molecule has 0 aromatic heterocycles. The summed E-state index contributed by atoms with van der Waals surface area (Å²) < 4.78 is 17.7. The summed E-state index contributed by atoms with van der Waals surface area (Å²) >= 11 is 0.